The number of aromatic hydroxyl groups is 1. The predicted molar refractivity (Wildman–Crippen MR) is 90.7 cm³/mol. The highest BCUT2D eigenvalue weighted by molar-refractivity contribution is 6.36. The van der Waals surface area contributed by atoms with Crippen molar-refractivity contribution in [3.05, 3.63) is 57.5 Å². The van der Waals surface area contributed by atoms with Gasteiger partial charge < -0.3 is 10.4 Å². The van der Waals surface area contributed by atoms with Gasteiger partial charge in [0.2, 0.25) is 0 Å². The molecular weight excluding hydrogens is 337 g/mol. The lowest BCUT2D eigenvalue weighted by molar-refractivity contribution is 0.102. The summed E-state index contributed by atoms with van der Waals surface area (Å²) in [5.74, 6) is -0.416. The van der Waals surface area contributed by atoms with Crippen LogP contribution in [-0.4, -0.2) is 20.4 Å². The molecule has 2 heterocycles. The Hall–Kier alpha value is -2.24. The molecule has 0 aliphatic heterocycles. The SMILES string of the molecule is Cc1ccc(O)c(NC(=O)c2c(C)nc3c(Cl)cc(Cl)cn23)c1. The van der Waals surface area contributed by atoms with E-state index in [2.05, 4.69) is 10.3 Å². The number of rotatable bonds is 2. The fourth-order valence-electron chi connectivity index (χ4n) is 2.39. The van der Waals surface area contributed by atoms with Gasteiger partial charge >= 0.3 is 0 Å². The van der Waals surface area contributed by atoms with E-state index in [0.29, 0.717) is 32.8 Å². The van der Waals surface area contributed by atoms with Gasteiger partial charge in [0.1, 0.15) is 11.4 Å². The molecule has 0 unspecified atom stereocenters. The van der Waals surface area contributed by atoms with Crippen molar-refractivity contribution in [1.29, 1.82) is 0 Å². The number of hydrogen-bond donors (Lipinski definition) is 2. The van der Waals surface area contributed by atoms with Crippen LogP contribution in [-0.2, 0) is 0 Å². The zero-order chi connectivity index (χ0) is 16.7. The van der Waals surface area contributed by atoms with Crippen molar-refractivity contribution in [2.75, 3.05) is 5.32 Å². The van der Waals surface area contributed by atoms with Crippen LogP contribution in [0.4, 0.5) is 5.69 Å². The Balaban J connectivity index is 2.08. The van der Waals surface area contributed by atoms with Crippen LogP contribution in [0.2, 0.25) is 10.0 Å². The number of anilines is 1. The van der Waals surface area contributed by atoms with E-state index in [1.165, 1.54) is 6.07 Å². The van der Waals surface area contributed by atoms with Crippen molar-refractivity contribution in [3.8, 4) is 5.75 Å². The number of halogens is 2. The van der Waals surface area contributed by atoms with Crippen molar-refractivity contribution in [3.63, 3.8) is 0 Å². The van der Waals surface area contributed by atoms with Crippen LogP contribution < -0.4 is 5.32 Å². The highest BCUT2D eigenvalue weighted by Gasteiger charge is 2.19. The summed E-state index contributed by atoms with van der Waals surface area (Å²) in [5, 5.41) is 13.3. The highest BCUT2D eigenvalue weighted by Crippen LogP contribution is 2.27. The number of benzene rings is 1. The van der Waals surface area contributed by atoms with Crippen LogP contribution in [0.5, 0.6) is 5.75 Å². The van der Waals surface area contributed by atoms with Crippen LogP contribution >= 0.6 is 23.2 Å². The largest absolute Gasteiger partial charge is 0.506 e. The number of nitrogens with one attached hydrogen (secondary N) is 1. The van der Waals surface area contributed by atoms with Gasteiger partial charge in [0, 0.05) is 6.20 Å². The molecule has 23 heavy (non-hydrogen) atoms. The number of aryl methyl sites for hydroxylation is 2. The van der Waals surface area contributed by atoms with E-state index in [4.69, 9.17) is 23.2 Å². The Morgan fingerprint density at radius 2 is 2.00 bits per heavy atom. The number of aromatic nitrogens is 2. The summed E-state index contributed by atoms with van der Waals surface area (Å²) in [6, 6.07) is 6.54. The molecule has 0 saturated heterocycles. The van der Waals surface area contributed by atoms with E-state index in [9.17, 15) is 9.90 Å². The lowest BCUT2D eigenvalue weighted by atomic mass is 10.2. The minimum atomic E-state index is -0.408. The van der Waals surface area contributed by atoms with Gasteiger partial charge in [-0.3, -0.25) is 9.20 Å². The summed E-state index contributed by atoms with van der Waals surface area (Å²) in [4.78, 5) is 16.9. The van der Waals surface area contributed by atoms with Crippen LogP contribution in [0.25, 0.3) is 5.65 Å². The minimum Gasteiger partial charge on any atom is -0.506 e. The molecule has 3 rings (SSSR count). The number of fused-ring (bicyclic) bond motifs is 1. The second-order valence-electron chi connectivity index (χ2n) is 5.22. The Kier molecular flexibility index (Phi) is 3.92. The molecule has 0 aliphatic carbocycles. The average Bonchev–Trinajstić information content (AvgIpc) is 2.79. The van der Waals surface area contributed by atoms with E-state index < -0.39 is 5.91 Å². The van der Waals surface area contributed by atoms with Crippen LogP contribution in [0, 0.1) is 13.8 Å². The third kappa shape index (κ3) is 2.85. The number of carbonyl (C=O) groups is 1. The van der Waals surface area contributed by atoms with Crippen molar-refractivity contribution in [2.24, 2.45) is 0 Å². The van der Waals surface area contributed by atoms with E-state index in [0.717, 1.165) is 5.56 Å². The Morgan fingerprint density at radius 1 is 1.26 bits per heavy atom. The third-order valence-corrected chi connectivity index (χ3v) is 3.92. The Morgan fingerprint density at radius 3 is 2.74 bits per heavy atom. The monoisotopic (exact) mass is 349 g/mol. The van der Waals surface area contributed by atoms with Crippen molar-refractivity contribution in [2.45, 2.75) is 13.8 Å². The lowest BCUT2D eigenvalue weighted by Crippen LogP contribution is -2.15. The number of nitrogens with zero attached hydrogens (tertiary/aromatic N) is 2. The second kappa shape index (κ2) is 5.76. The molecule has 1 aromatic carbocycles. The average molecular weight is 350 g/mol. The Bertz CT molecular complexity index is 935. The van der Waals surface area contributed by atoms with Gasteiger partial charge in [-0.2, -0.15) is 0 Å². The van der Waals surface area contributed by atoms with Gasteiger partial charge in [0.15, 0.2) is 5.65 Å². The standard InChI is InChI=1S/C16H13Cl2N3O2/c1-8-3-4-13(22)12(5-8)20-16(23)14-9(2)19-15-11(18)6-10(17)7-21(14)15/h3-7,22H,1-2H3,(H,20,23). The number of carbonyl (C=O) groups excluding carboxylic acids is 1. The van der Waals surface area contributed by atoms with E-state index in [1.807, 2.05) is 6.92 Å². The molecule has 1 amide bonds. The summed E-state index contributed by atoms with van der Waals surface area (Å²) >= 11 is 12.1. The molecule has 5 nitrogen and oxygen atoms in total. The van der Waals surface area contributed by atoms with Crippen molar-refractivity contribution >= 4 is 40.4 Å². The maximum Gasteiger partial charge on any atom is 0.274 e. The smallest absolute Gasteiger partial charge is 0.274 e. The first-order valence-electron chi connectivity index (χ1n) is 6.81. The predicted octanol–water partition coefficient (Wildman–Crippen LogP) is 4.22. The molecule has 2 N–H and O–H groups in total. The zero-order valence-electron chi connectivity index (χ0n) is 12.4. The third-order valence-electron chi connectivity index (χ3n) is 3.43. The number of phenols is 1. The highest BCUT2D eigenvalue weighted by atomic mass is 35.5. The topological polar surface area (TPSA) is 66.6 Å². The molecule has 0 fully saturated rings. The fourth-order valence-corrected chi connectivity index (χ4v) is 2.90. The number of amides is 1. The van der Waals surface area contributed by atoms with Gasteiger partial charge in [-0.15, -0.1) is 0 Å². The molecule has 7 heteroatoms. The van der Waals surface area contributed by atoms with Gasteiger partial charge in [0.05, 0.1) is 21.4 Å². The minimum absolute atomic E-state index is 0.00788. The van der Waals surface area contributed by atoms with E-state index in [1.54, 1.807) is 35.7 Å². The quantitative estimate of drug-likeness (QED) is 0.680. The fraction of sp³-hybridized carbons (Fsp3) is 0.125. The Labute approximate surface area is 142 Å². The molecule has 0 saturated carbocycles. The number of hydrogen-bond acceptors (Lipinski definition) is 3. The molecule has 0 bridgehead atoms. The molecule has 0 radical (unpaired) electrons. The molecular formula is C16H13Cl2N3O2. The summed E-state index contributed by atoms with van der Waals surface area (Å²) in [7, 11) is 0. The maximum absolute atomic E-state index is 12.6. The molecule has 0 aliphatic rings. The van der Waals surface area contributed by atoms with Crippen molar-refractivity contribution < 1.29 is 9.90 Å². The molecule has 118 valence electrons. The molecule has 3 aromatic rings. The summed E-state index contributed by atoms with van der Waals surface area (Å²) in [5.41, 5.74) is 2.52. The van der Waals surface area contributed by atoms with Gasteiger partial charge in [-0.05, 0) is 37.6 Å². The zero-order valence-corrected chi connectivity index (χ0v) is 13.9. The maximum atomic E-state index is 12.6. The van der Waals surface area contributed by atoms with E-state index in [-0.39, 0.29) is 5.75 Å². The molecule has 2 aromatic heterocycles. The molecule has 0 atom stereocenters. The number of pyridine rings is 1. The number of imidazole rings is 1. The first-order chi connectivity index (χ1) is 10.9. The summed E-state index contributed by atoms with van der Waals surface area (Å²) < 4.78 is 1.54. The summed E-state index contributed by atoms with van der Waals surface area (Å²) in [6.07, 6.45) is 1.58. The van der Waals surface area contributed by atoms with Gasteiger partial charge in [0.25, 0.3) is 5.91 Å². The van der Waals surface area contributed by atoms with Crippen LogP contribution in [0.15, 0.2) is 30.5 Å². The van der Waals surface area contributed by atoms with Gasteiger partial charge in [-0.1, -0.05) is 29.3 Å². The van der Waals surface area contributed by atoms with Gasteiger partial charge in [-0.25, -0.2) is 4.98 Å². The normalized spacial score (nSPS) is 11.0. The van der Waals surface area contributed by atoms with Crippen LogP contribution in [0.1, 0.15) is 21.7 Å². The second-order valence-corrected chi connectivity index (χ2v) is 6.06. The summed E-state index contributed by atoms with van der Waals surface area (Å²) in [6.45, 7) is 3.58. The molecule has 0 spiro atoms. The first-order valence-corrected chi connectivity index (χ1v) is 7.57. The van der Waals surface area contributed by atoms with Crippen molar-refractivity contribution in [1.82, 2.24) is 9.38 Å². The lowest BCUT2D eigenvalue weighted by Gasteiger charge is -2.09. The van der Waals surface area contributed by atoms with E-state index >= 15 is 0 Å². The van der Waals surface area contributed by atoms with Crippen LogP contribution in [0.3, 0.4) is 0 Å². The number of phenolic OH excluding ortho intramolecular Hbond substituents is 1. The first kappa shape index (κ1) is 15.6.